The van der Waals surface area contributed by atoms with Gasteiger partial charge in [-0.3, -0.25) is 4.79 Å². The molecular formula is C28H34F2N2O4. The number of rotatable bonds is 7. The lowest BCUT2D eigenvalue weighted by Crippen LogP contribution is -2.56. The van der Waals surface area contributed by atoms with E-state index in [2.05, 4.69) is 17.0 Å². The lowest BCUT2D eigenvalue weighted by atomic mass is 9.84. The summed E-state index contributed by atoms with van der Waals surface area (Å²) in [6.45, 7) is 2.73. The Morgan fingerprint density at radius 2 is 1.75 bits per heavy atom. The molecule has 194 valence electrons. The van der Waals surface area contributed by atoms with E-state index in [4.69, 9.17) is 4.74 Å². The Balaban J connectivity index is 1.23. The minimum atomic E-state index is -1.24. The van der Waals surface area contributed by atoms with Gasteiger partial charge in [0, 0.05) is 25.7 Å². The molecule has 36 heavy (non-hydrogen) atoms. The Morgan fingerprint density at radius 1 is 1.08 bits per heavy atom. The minimum Gasteiger partial charge on any atom is -0.497 e. The molecule has 0 radical (unpaired) electrons. The highest BCUT2D eigenvalue weighted by Gasteiger charge is 2.40. The number of hydrogen-bond acceptors (Lipinski definition) is 5. The molecule has 4 rings (SSSR count). The molecule has 0 aromatic heterocycles. The van der Waals surface area contributed by atoms with E-state index in [-0.39, 0.29) is 18.7 Å². The van der Waals surface area contributed by atoms with E-state index in [0.29, 0.717) is 31.1 Å². The average molecular weight is 501 g/mol. The van der Waals surface area contributed by atoms with Crippen LogP contribution < -0.4 is 4.74 Å². The zero-order valence-corrected chi connectivity index (χ0v) is 20.6. The third-order valence-corrected chi connectivity index (χ3v) is 7.53. The number of nitrogens with zero attached hydrogens (tertiary/aromatic N) is 2. The normalized spacial score (nSPS) is 20.0. The fourth-order valence-corrected chi connectivity index (χ4v) is 5.08. The number of benzene rings is 2. The highest BCUT2D eigenvalue weighted by Crippen LogP contribution is 2.31. The highest BCUT2D eigenvalue weighted by atomic mass is 19.2. The van der Waals surface area contributed by atoms with Crippen LogP contribution in [0.4, 0.5) is 8.78 Å². The highest BCUT2D eigenvalue weighted by molar-refractivity contribution is 5.91. The number of aliphatic hydroxyl groups excluding tert-OH is 1. The van der Waals surface area contributed by atoms with Crippen LogP contribution in [0, 0.1) is 11.6 Å². The van der Waals surface area contributed by atoms with Gasteiger partial charge < -0.3 is 24.7 Å². The summed E-state index contributed by atoms with van der Waals surface area (Å²) in [6, 6.07) is 11.6. The number of amides is 1. The Hall–Kier alpha value is -2.81. The maximum Gasteiger partial charge on any atom is 0.246 e. The second-order valence-electron chi connectivity index (χ2n) is 9.80. The van der Waals surface area contributed by atoms with Crippen LogP contribution in [0.25, 0.3) is 6.08 Å². The van der Waals surface area contributed by atoms with Gasteiger partial charge >= 0.3 is 0 Å². The van der Waals surface area contributed by atoms with Crippen LogP contribution in [-0.4, -0.2) is 77.5 Å². The van der Waals surface area contributed by atoms with Gasteiger partial charge in [0.15, 0.2) is 11.6 Å². The SMILES string of the molecule is COc1ccc(C2CCN(CC(O)C3(O)CCN(C(=O)/C=C/c4ccc(F)c(F)c4)CC3)CC2)cc1. The van der Waals surface area contributed by atoms with Crippen molar-refractivity contribution in [2.75, 3.05) is 39.8 Å². The molecule has 1 amide bonds. The number of carbonyl (C=O) groups excluding carboxylic acids is 1. The first-order valence-corrected chi connectivity index (χ1v) is 12.5. The molecule has 0 bridgehead atoms. The van der Waals surface area contributed by atoms with Gasteiger partial charge in [-0.05, 0) is 86.2 Å². The predicted octanol–water partition coefficient (Wildman–Crippen LogP) is 3.58. The smallest absolute Gasteiger partial charge is 0.246 e. The number of piperidine rings is 2. The van der Waals surface area contributed by atoms with Crippen LogP contribution in [0.15, 0.2) is 48.5 Å². The molecule has 2 saturated heterocycles. The molecule has 0 spiro atoms. The summed E-state index contributed by atoms with van der Waals surface area (Å²) in [5.41, 5.74) is 0.445. The average Bonchev–Trinajstić information content (AvgIpc) is 2.90. The molecule has 2 fully saturated rings. The molecule has 2 aromatic carbocycles. The molecule has 2 aliphatic rings. The van der Waals surface area contributed by atoms with E-state index in [1.807, 2.05) is 12.1 Å². The molecule has 0 aliphatic carbocycles. The van der Waals surface area contributed by atoms with Gasteiger partial charge in [-0.1, -0.05) is 18.2 Å². The van der Waals surface area contributed by atoms with Crippen molar-refractivity contribution in [1.29, 1.82) is 0 Å². The lowest BCUT2D eigenvalue weighted by molar-refractivity contribution is -0.140. The van der Waals surface area contributed by atoms with Gasteiger partial charge in [-0.25, -0.2) is 8.78 Å². The van der Waals surface area contributed by atoms with Crippen LogP contribution in [0.3, 0.4) is 0 Å². The Bertz CT molecular complexity index is 1060. The first-order valence-electron chi connectivity index (χ1n) is 12.5. The summed E-state index contributed by atoms with van der Waals surface area (Å²) in [5.74, 6) is -0.849. The van der Waals surface area contributed by atoms with E-state index in [0.717, 1.165) is 43.8 Å². The van der Waals surface area contributed by atoms with Gasteiger partial charge in [0.25, 0.3) is 0 Å². The topological polar surface area (TPSA) is 73.2 Å². The predicted molar refractivity (Wildman–Crippen MR) is 134 cm³/mol. The second-order valence-corrected chi connectivity index (χ2v) is 9.80. The summed E-state index contributed by atoms with van der Waals surface area (Å²) in [7, 11) is 1.66. The Labute approximate surface area is 210 Å². The number of halogens is 2. The van der Waals surface area contributed by atoms with E-state index >= 15 is 0 Å². The lowest BCUT2D eigenvalue weighted by Gasteiger charge is -2.43. The molecule has 0 saturated carbocycles. The van der Waals surface area contributed by atoms with Crippen molar-refractivity contribution >= 4 is 12.0 Å². The van der Waals surface area contributed by atoms with Crippen molar-refractivity contribution in [2.45, 2.75) is 43.3 Å². The number of β-amino-alcohol motifs (C(OH)–C–C–N with tert-alkyl or cyclic N) is 1. The molecule has 2 N–H and O–H groups in total. The van der Waals surface area contributed by atoms with Gasteiger partial charge in [-0.2, -0.15) is 0 Å². The molecular weight excluding hydrogens is 466 g/mol. The third kappa shape index (κ3) is 6.30. The Morgan fingerprint density at radius 3 is 2.36 bits per heavy atom. The van der Waals surface area contributed by atoms with E-state index in [9.17, 15) is 23.8 Å². The van der Waals surface area contributed by atoms with Crippen molar-refractivity contribution in [2.24, 2.45) is 0 Å². The van der Waals surface area contributed by atoms with E-state index < -0.39 is 23.3 Å². The monoisotopic (exact) mass is 500 g/mol. The largest absolute Gasteiger partial charge is 0.497 e. The fourth-order valence-electron chi connectivity index (χ4n) is 5.08. The first-order chi connectivity index (χ1) is 17.3. The van der Waals surface area contributed by atoms with Crippen LogP contribution in [-0.2, 0) is 4.79 Å². The molecule has 1 atom stereocenters. The second kappa shape index (κ2) is 11.5. The van der Waals surface area contributed by atoms with E-state index in [1.54, 1.807) is 12.0 Å². The van der Waals surface area contributed by atoms with Crippen LogP contribution >= 0.6 is 0 Å². The van der Waals surface area contributed by atoms with Crippen LogP contribution in [0.5, 0.6) is 5.75 Å². The number of carbonyl (C=O) groups is 1. The minimum absolute atomic E-state index is 0.267. The fraction of sp³-hybridized carbons (Fsp3) is 0.464. The Kier molecular flexibility index (Phi) is 8.39. The van der Waals surface area contributed by atoms with Gasteiger partial charge in [0.05, 0.1) is 18.8 Å². The van der Waals surface area contributed by atoms with Crippen molar-refractivity contribution in [3.8, 4) is 5.75 Å². The van der Waals surface area contributed by atoms with Gasteiger partial charge in [0.2, 0.25) is 5.91 Å². The van der Waals surface area contributed by atoms with E-state index in [1.165, 1.54) is 23.8 Å². The quantitative estimate of drug-likeness (QED) is 0.569. The number of hydrogen-bond donors (Lipinski definition) is 2. The molecule has 1 unspecified atom stereocenters. The summed E-state index contributed by atoms with van der Waals surface area (Å²) in [6.07, 6.45) is 4.40. The van der Waals surface area contributed by atoms with Crippen molar-refractivity contribution < 1.29 is 28.5 Å². The zero-order valence-electron chi connectivity index (χ0n) is 20.6. The number of methoxy groups -OCH3 is 1. The maximum atomic E-state index is 13.3. The molecule has 6 nitrogen and oxygen atoms in total. The summed E-state index contributed by atoms with van der Waals surface area (Å²) < 4.78 is 31.6. The van der Waals surface area contributed by atoms with Gasteiger partial charge in [-0.15, -0.1) is 0 Å². The number of ether oxygens (including phenoxy) is 1. The van der Waals surface area contributed by atoms with Crippen molar-refractivity contribution in [3.05, 3.63) is 71.3 Å². The van der Waals surface area contributed by atoms with Crippen LogP contribution in [0.1, 0.15) is 42.7 Å². The standard InChI is InChI=1S/C28H34F2N2O4/c1-36-23-6-4-21(5-7-23)22-10-14-31(15-11-22)19-26(33)28(35)12-16-32(17-13-28)27(34)9-3-20-2-8-24(29)25(30)18-20/h2-9,18,22,26,33,35H,10-17,19H2,1H3/b9-3+. The summed E-state index contributed by atoms with van der Waals surface area (Å²) in [4.78, 5) is 16.3. The van der Waals surface area contributed by atoms with Crippen LogP contribution in [0.2, 0.25) is 0 Å². The third-order valence-electron chi connectivity index (χ3n) is 7.53. The summed E-state index contributed by atoms with van der Waals surface area (Å²) >= 11 is 0. The maximum absolute atomic E-state index is 13.3. The van der Waals surface area contributed by atoms with Crippen molar-refractivity contribution in [1.82, 2.24) is 9.80 Å². The number of likely N-dealkylation sites (tertiary alicyclic amines) is 2. The number of aliphatic hydroxyl groups is 2. The molecule has 2 heterocycles. The zero-order chi connectivity index (χ0) is 25.7. The molecule has 2 aromatic rings. The molecule has 8 heteroatoms. The van der Waals surface area contributed by atoms with Gasteiger partial charge in [0.1, 0.15) is 5.75 Å². The summed E-state index contributed by atoms with van der Waals surface area (Å²) in [5, 5.41) is 22.0. The molecule has 2 aliphatic heterocycles. The van der Waals surface area contributed by atoms with Crippen molar-refractivity contribution in [3.63, 3.8) is 0 Å². The first kappa shape index (κ1) is 26.3.